The largest absolute Gasteiger partial charge is 0.356 e. The van der Waals surface area contributed by atoms with E-state index in [1.807, 2.05) is 0 Å². The number of likely N-dealkylation sites (tertiary alicyclic amines) is 1. The van der Waals surface area contributed by atoms with Gasteiger partial charge in [-0.2, -0.15) is 0 Å². The number of Topliss-reactive ketones (excluding diaryl/α,β-unsaturated/α-hetero) is 1. The highest BCUT2D eigenvalue weighted by atomic mass is 16.2. The van der Waals surface area contributed by atoms with Crippen molar-refractivity contribution in [2.45, 2.75) is 45.6 Å². The summed E-state index contributed by atoms with van der Waals surface area (Å²) in [6.45, 7) is 8.60. The van der Waals surface area contributed by atoms with E-state index in [4.69, 9.17) is 0 Å². The first kappa shape index (κ1) is 15.8. The number of rotatable bonds is 5. The van der Waals surface area contributed by atoms with Crippen LogP contribution in [0.3, 0.4) is 0 Å². The molecule has 0 radical (unpaired) electrons. The quantitative estimate of drug-likeness (QED) is 0.818. The predicted octanol–water partition coefficient (Wildman–Crippen LogP) is 2.21. The minimum absolute atomic E-state index is 0.0426. The normalized spacial score (nSPS) is 16.7. The Morgan fingerprint density at radius 1 is 1.29 bits per heavy atom. The highest BCUT2D eigenvalue weighted by Gasteiger charge is 2.28. The van der Waals surface area contributed by atoms with E-state index >= 15 is 0 Å². The van der Waals surface area contributed by atoms with E-state index in [2.05, 4.69) is 29.0 Å². The second-order valence-electron chi connectivity index (χ2n) is 6.40. The summed E-state index contributed by atoms with van der Waals surface area (Å²) in [5.74, 6) is -0.202. The number of amides is 1. The second kappa shape index (κ2) is 6.43. The van der Waals surface area contributed by atoms with Crippen molar-refractivity contribution in [3.05, 3.63) is 23.5 Å². The average molecular weight is 291 g/mol. The van der Waals surface area contributed by atoms with Crippen LogP contribution in [0.2, 0.25) is 0 Å². The Balaban J connectivity index is 1.91. The van der Waals surface area contributed by atoms with Gasteiger partial charge in [-0.25, -0.2) is 0 Å². The van der Waals surface area contributed by atoms with Crippen LogP contribution in [0, 0.1) is 0 Å². The van der Waals surface area contributed by atoms with E-state index in [-0.39, 0.29) is 17.2 Å². The fourth-order valence-electron chi connectivity index (χ4n) is 2.73. The summed E-state index contributed by atoms with van der Waals surface area (Å²) in [6, 6.07) is 1.60. The zero-order chi connectivity index (χ0) is 15.5. The van der Waals surface area contributed by atoms with Crippen molar-refractivity contribution in [1.82, 2.24) is 15.2 Å². The van der Waals surface area contributed by atoms with E-state index in [1.54, 1.807) is 12.3 Å². The maximum Gasteiger partial charge on any atom is 0.267 e. The summed E-state index contributed by atoms with van der Waals surface area (Å²) < 4.78 is 0. The fourth-order valence-corrected chi connectivity index (χ4v) is 2.73. The number of carbonyl (C=O) groups excluding carboxylic acids is 2. The summed E-state index contributed by atoms with van der Waals surface area (Å²) in [5, 5.41) is 2.97. The monoisotopic (exact) mass is 291 g/mol. The molecule has 0 atom stereocenters. The summed E-state index contributed by atoms with van der Waals surface area (Å²) in [7, 11) is 0. The van der Waals surface area contributed by atoms with E-state index in [0.717, 1.165) is 13.1 Å². The van der Waals surface area contributed by atoms with E-state index in [0.29, 0.717) is 17.8 Å². The predicted molar refractivity (Wildman–Crippen MR) is 82.6 cm³/mol. The minimum atomic E-state index is -0.160. The molecule has 21 heavy (non-hydrogen) atoms. The smallest absolute Gasteiger partial charge is 0.267 e. The molecule has 0 aromatic carbocycles. The van der Waals surface area contributed by atoms with Crippen LogP contribution in [-0.4, -0.2) is 46.7 Å². The SMILES string of the molecule is CC(=O)c1c[nH]c(C(=O)NCC(C)(C)N2CCCCC2)c1. The Bertz CT molecular complexity index is 513. The number of piperidine rings is 1. The maximum absolute atomic E-state index is 12.1. The standard InChI is InChI=1S/C16H25N3O2/c1-12(20)13-9-14(17-10-13)15(21)18-11-16(2,3)19-7-5-4-6-8-19/h9-10,17H,4-8,11H2,1-3H3,(H,18,21). The summed E-state index contributed by atoms with van der Waals surface area (Å²) in [5.41, 5.74) is 0.927. The zero-order valence-electron chi connectivity index (χ0n) is 13.2. The molecule has 0 saturated carbocycles. The lowest BCUT2D eigenvalue weighted by Gasteiger charge is -2.41. The molecule has 1 saturated heterocycles. The maximum atomic E-state index is 12.1. The summed E-state index contributed by atoms with van der Waals surface area (Å²) >= 11 is 0. The number of carbonyl (C=O) groups is 2. The molecule has 2 rings (SSSR count). The van der Waals surface area contributed by atoms with Gasteiger partial charge in [0.25, 0.3) is 5.91 Å². The van der Waals surface area contributed by atoms with Gasteiger partial charge in [0, 0.05) is 23.8 Å². The number of nitrogens with zero attached hydrogens (tertiary/aromatic N) is 1. The molecule has 0 spiro atoms. The van der Waals surface area contributed by atoms with Crippen molar-refractivity contribution < 1.29 is 9.59 Å². The number of hydrogen-bond donors (Lipinski definition) is 2. The number of H-pyrrole nitrogens is 1. The molecule has 5 nitrogen and oxygen atoms in total. The van der Waals surface area contributed by atoms with Gasteiger partial charge in [0.15, 0.2) is 5.78 Å². The molecule has 1 fully saturated rings. The molecular weight excluding hydrogens is 266 g/mol. The molecule has 0 unspecified atom stereocenters. The molecule has 5 heteroatoms. The van der Waals surface area contributed by atoms with E-state index in [9.17, 15) is 9.59 Å². The van der Waals surface area contributed by atoms with Crippen molar-refractivity contribution in [3.8, 4) is 0 Å². The van der Waals surface area contributed by atoms with Gasteiger partial charge in [0.2, 0.25) is 0 Å². The van der Waals surface area contributed by atoms with E-state index < -0.39 is 0 Å². The lowest BCUT2D eigenvalue weighted by Crippen LogP contribution is -2.53. The lowest BCUT2D eigenvalue weighted by molar-refractivity contribution is 0.0795. The van der Waals surface area contributed by atoms with Crippen LogP contribution in [0.5, 0.6) is 0 Å². The molecule has 0 bridgehead atoms. The molecular formula is C16H25N3O2. The molecule has 1 aliphatic rings. The minimum Gasteiger partial charge on any atom is -0.356 e. The number of ketones is 1. The van der Waals surface area contributed by atoms with Crippen molar-refractivity contribution >= 4 is 11.7 Å². The third kappa shape index (κ3) is 3.94. The third-order valence-corrected chi connectivity index (χ3v) is 4.23. The molecule has 1 aliphatic heterocycles. The van der Waals surface area contributed by atoms with Gasteiger partial charge in [-0.1, -0.05) is 6.42 Å². The average Bonchev–Trinajstić information content (AvgIpc) is 2.96. The fraction of sp³-hybridized carbons (Fsp3) is 0.625. The van der Waals surface area contributed by atoms with Crippen molar-refractivity contribution in [1.29, 1.82) is 0 Å². The molecule has 1 aromatic heterocycles. The van der Waals surface area contributed by atoms with Crippen LogP contribution in [0.1, 0.15) is 60.9 Å². The highest BCUT2D eigenvalue weighted by Crippen LogP contribution is 2.19. The van der Waals surface area contributed by atoms with Gasteiger partial charge in [-0.05, 0) is 52.8 Å². The van der Waals surface area contributed by atoms with Crippen molar-refractivity contribution in [2.24, 2.45) is 0 Å². The molecule has 2 N–H and O–H groups in total. The zero-order valence-corrected chi connectivity index (χ0v) is 13.2. The molecule has 1 aromatic rings. The van der Waals surface area contributed by atoms with Crippen LogP contribution < -0.4 is 5.32 Å². The van der Waals surface area contributed by atoms with Crippen LogP contribution in [0.4, 0.5) is 0 Å². The first-order valence-corrected chi connectivity index (χ1v) is 7.63. The molecule has 116 valence electrons. The van der Waals surface area contributed by atoms with Gasteiger partial charge in [-0.15, -0.1) is 0 Å². The third-order valence-electron chi connectivity index (χ3n) is 4.23. The summed E-state index contributed by atoms with van der Waals surface area (Å²) in [4.78, 5) is 28.7. The van der Waals surface area contributed by atoms with Crippen LogP contribution in [-0.2, 0) is 0 Å². The Kier molecular flexibility index (Phi) is 4.83. The van der Waals surface area contributed by atoms with Gasteiger partial charge in [0.1, 0.15) is 5.69 Å². The first-order valence-electron chi connectivity index (χ1n) is 7.63. The topological polar surface area (TPSA) is 65.2 Å². The van der Waals surface area contributed by atoms with Gasteiger partial charge in [0.05, 0.1) is 0 Å². The van der Waals surface area contributed by atoms with Gasteiger partial charge in [-0.3, -0.25) is 14.5 Å². The van der Waals surface area contributed by atoms with Gasteiger partial charge >= 0.3 is 0 Å². The number of aromatic nitrogens is 1. The first-order chi connectivity index (χ1) is 9.90. The Morgan fingerprint density at radius 3 is 2.52 bits per heavy atom. The summed E-state index contributed by atoms with van der Waals surface area (Å²) in [6.07, 6.45) is 5.34. The lowest BCUT2D eigenvalue weighted by atomic mass is 9.98. The highest BCUT2D eigenvalue weighted by molar-refractivity contribution is 5.99. The van der Waals surface area contributed by atoms with Crippen LogP contribution in [0.25, 0.3) is 0 Å². The van der Waals surface area contributed by atoms with Gasteiger partial charge < -0.3 is 10.3 Å². The number of aromatic amines is 1. The van der Waals surface area contributed by atoms with Crippen LogP contribution in [0.15, 0.2) is 12.3 Å². The Labute approximate surface area is 126 Å². The van der Waals surface area contributed by atoms with Crippen molar-refractivity contribution in [2.75, 3.05) is 19.6 Å². The molecule has 0 aliphatic carbocycles. The Morgan fingerprint density at radius 2 is 1.95 bits per heavy atom. The molecule has 2 heterocycles. The van der Waals surface area contributed by atoms with Crippen LogP contribution >= 0.6 is 0 Å². The Hall–Kier alpha value is -1.62. The second-order valence-corrected chi connectivity index (χ2v) is 6.40. The van der Waals surface area contributed by atoms with E-state index in [1.165, 1.54) is 26.2 Å². The number of nitrogens with one attached hydrogen (secondary N) is 2. The number of hydrogen-bond acceptors (Lipinski definition) is 3. The van der Waals surface area contributed by atoms with Crippen molar-refractivity contribution in [3.63, 3.8) is 0 Å². The molecule has 1 amide bonds.